The van der Waals surface area contributed by atoms with Gasteiger partial charge in [0.2, 0.25) is 5.91 Å². The number of amides is 1. The van der Waals surface area contributed by atoms with Gasteiger partial charge in [0.15, 0.2) is 0 Å². The molecule has 5 nitrogen and oxygen atoms in total. The van der Waals surface area contributed by atoms with Gasteiger partial charge in [0, 0.05) is 18.0 Å². The van der Waals surface area contributed by atoms with Crippen molar-refractivity contribution < 1.29 is 9.90 Å². The molecule has 114 valence electrons. The second kappa shape index (κ2) is 7.03. The van der Waals surface area contributed by atoms with Crippen LogP contribution >= 0.6 is 11.3 Å². The van der Waals surface area contributed by atoms with Crippen molar-refractivity contribution in [2.45, 2.75) is 26.7 Å². The standard InChI is InChI=1S/C15H21N3O2S/c1-10-11(2)21-15(13(10)7-16)17-14(20)9-18-5-3-12(8-18)4-6-19/h12,19H,3-6,8-9H2,1-2H3,(H,17,20). The molecule has 1 aromatic heterocycles. The summed E-state index contributed by atoms with van der Waals surface area (Å²) >= 11 is 1.45. The number of hydrogen-bond acceptors (Lipinski definition) is 5. The number of carbonyl (C=O) groups is 1. The molecule has 0 aromatic carbocycles. The largest absolute Gasteiger partial charge is 0.396 e. The molecule has 2 heterocycles. The van der Waals surface area contributed by atoms with Gasteiger partial charge in [-0.2, -0.15) is 5.26 Å². The summed E-state index contributed by atoms with van der Waals surface area (Å²) in [5.74, 6) is 0.418. The van der Waals surface area contributed by atoms with Crippen LogP contribution in [0.4, 0.5) is 5.00 Å². The molecule has 2 N–H and O–H groups in total. The molecular formula is C15H21N3O2S. The molecule has 21 heavy (non-hydrogen) atoms. The van der Waals surface area contributed by atoms with Crippen molar-refractivity contribution in [3.8, 4) is 6.07 Å². The van der Waals surface area contributed by atoms with Gasteiger partial charge in [-0.3, -0.25) is 9.69 Å². The van der Waals surface area contributed by atoms with Crippen molar-refractivity contribution in [2.75, 3.05) is 31.6 Å². The maximum absolute atomic E-state index is 12.1. The molecule has 1 unspecified atom stereocenters. The number of hydrogen-bond donors (Lipinski definition) is 2. The Morgan fingerprint density at radius 1 is 1.57 bits per heavy atom. The summed E-state index contributed by atoms with van der Waals surface area (Å²) < 4.78 is 0. The SMILES string of the molecule is Cc1sc(NC(=O)CN2CCC(CCO)C2)c(C#N)c1C. The summed E-state index contributed by atoms with van der Waals surface area (Å²) in [5.41, 5.74) is 1.52. The molecule has 0 spiro atoms. The molecule has 0 saturated carbocycles. The van der Waals surface area contributed by atoms with Crippen LogP contribution in [0.25, 0.3) is 0 Å². The van der Waals surface area contributed by atoms with Crippen LogP contribution in [-0.4, -0.2) is 42.2 Å². The minimum absolute atomic E-state index is 0.0719. The molecule has 0 radical (unpaired) electrons. The molecule has 1 amide bonds. The van der Waals surface area contributed by atoms with E-state index in [1.54, 1.807) is 0 Å². The van der Waals surface area contributed by atoms with E-state index in [1.165, 1.54) is 11.3 Å². The van der Waals surface area contributed by atoms with Crippen molar-refractivity contribution >= 4 is 22.2 Å². The molecule has 2 rings (SSSR count). The number of carbonyl (C=O) groups excluding carboxylic acids is 1. The van der Waals surface area contributed by atoms with Gasteiger partial charge in [-0.25, -0.2) is 0 Å². The van der Waals surface area contributed by atoms with Gasteiger partial charge in [-0.15, -0.1) is 11.3 Å². The highest BCUT2D eigenvalue weighted by Gasteiger charge is 2.24. The predicted molar refractivity (Wildman–Crippen MR) is 83.4 cm³/mol. The fourth-order valence-electron chi connectivity index (χ4n) is 2.69. The first-order chi connectivity index (χ1) is 10.0. The van der Waals surface area contributed by atoms with Crippen LogP contribution in [0.2, 0.25) is 0 Å². The fraction of sp³-hybridized carbons (Fsp3) is 0.600. The third kappa shape index (κ3) is 3.82. The van der Waals surface area contributed by atoms with Crippen molar-refractivity contribution in [2.24, 2.45) is 5.92 Å². The Morgan fingerprint density at radius 3 is 3.00 bits per heavy atom. The smallest absolute Gasteiger partial charge is 0.239 e. The van der Waals surface area contributed by atoms with Gasteiger partial charge in [0.25, 0.3) is 0 Å². The lowest BCUT2D eigenvalue weighted by Crippen LogP contribution is -2.31. The number of nitrogens with one attached hydrogen (secondary N) is 1. The van der Waals surface area contributed by atoms with Crippen molar-refractivity contribution in [3.63, 3.8) is 0 Å². The van der Waals surface area contributed by atoms with E-state index in [0.29, 0.717) is 23.0 Å². The van der Waals surface area contributed by atoms with E-state index in [1.807, 2.05) is 13.8 Å². The second-order valence-electron chi connectivity index (χ2n) is 5.55. The summed E-state index contributed by atoms with van der Waals surface area (Å²) in [6.45, 7) is 6.18. The third-order valence-electron chi connectivity index (χ3n) is 4.02. The number of anilines is 1. The number of aliphatic hydroxyl groups excluding tert-OH is 1. The Balaban J connectivity index is 1.91. The third-order valence-corrected chi connectivity index (χ3v) is 5.15. The molecule has 0 bridgehead atoms. The average molecular weight is 307 g/mol. The minimum atomic E-state index is -0.0719. The molecule has 1 aliphatic heterocycles. The Labute approximate surface area is 129 Å². The topological polar surface area (TPSA) is 76.4 Å². The number of likely N-dealkylation sites (tertiary alicyclic amines) is 1. The van der Waals surface area contributed by atoms with Crippen molar-refractivity contribution in [1.29, 1.82) is 5.26 Å². The molecule has 6 heteroatoms. The first-order valence-corrected chi connectivity index (χ1v) is 8.00. The Kier molecular flexibility index (Phi) is 5.34. The monoisotopic (exact) mass is 307 g/mol. The summed E-state index contributed by atoms with van der Waals surface area (Å²) in [4.78, 5) is 15.3. The normalized spacial score (nSPS) is 18.7. The van der Waals surface area contributed by atoms with Gasteiger partial charge >= 0.3 is 0 Å². The van der Waals surface area contributed by atoms with Crippen LogP contribution < -0.4 is 5.32 Å². The van der Waals surface area contributed by atoms with E-state index in [9.17, 15) is 10.1 Å². The summed E-state index contributed by atoms with van der Waals surface area (Å²) in [6, 6.07) is 2.16. The van der Waals surface area contributed by atoms with E-state index in [4.69, 9.17) is 5.11 Å². The number of nitriles is 1. The molecule has 1 atom stereocenters. The number of nitrogens with zero attached hydrogens (tertiary/aromatic N) is 2. The van der Waals surface area contributed by atoms with Gasteiger partial charge in [0.1, 0.15) is 11.1 Å². The minimum Gasteiger partial charge on any atom is -0.396 e. The maximum Gasteiger partial charge on any atom is 0.239 e. The van der Waals surface area contributed by atoms with E-state index in [0.717, 1.165) is 36.4 Å². The molecule has 1 saturated heterocycles. The maximum atomic E-state index is 12.1. The zero-order valence-corrected chi connectivity index (χ0v) is 13.3. The van der Waals surface area contributed by atoms with Crippen LogP contribution in [-0.2, 0) is 4.79 Å². The van der Waals surface area contributed by atoms with Crippen molar-refractivity contribution in [3.05, 3.63) is 16.0 Å². The predicted octanol–water partition coefficient (Wildman–Crippen LogP) is 1.88. The number of thiophene rings is 1. The average Bonchev–Trinajstić information content (AvgIpc) is 2.96. The van der Waals surface area contributed by atoms with Crippen LogP contribution in [0.5, 0.6) is 0 Å². The first kappa shape index (κ1) is 16.0. The van der Waals surface area contributed by atoms with Crippen LogP contribution in [0.15, 0.2) is 0 Å². The Hall–Kier alpha value is -1.42. The lowest BCUT2D eigenvalue weighted by Gasteiger charge is -2.15. The number of aryl methyl sites for hydroxylation is 1. The highest BCUT2D eigenvalue weighted by Crippen LogP contribution is 2.31. The number of rotatable bonds is 5. The van der Waals surface area contributed by atoms with Gasteiger partial charge in [0.05, 0.1) is 12.1 Å². The van der Waals surface area contributed by atoms with Crippen LogP contribution in [0.3, 0.4) is 0 Å². The van der Waals surface area contributed by atoms with E-state index in [-0.39, 0.29) is 12.5 Å². The Bertz CT molecular complexity index is 562. The van der Waals surface area contributed by atoms with E-state index in [2.05, 4.69) is 16.3 Å². The van der Waals surface area contributed by atoms with Gasteiger partial charge in [-0.05, 0) is 44.7 Å². The fourth-order valence-corrected chi connectivity index (χ4v) is 3.72. The highest BCUT2D eigenvalue weighted by atomic mass is 32.1. The number of aliphatic hydroxyl groups is 1. The molecule has 1 aliphatic rings. The second-order valence-corrected chi connectivity index (χ2v) is 6.77. The summed E-state index contributed by atoms with van der Waals surface area (Å²) in [5, 5.41) is 21.6. The molecule has 0 aliphatic carbocycles. The van der Waals surface area contributed by atoms with Crippen molar-refractivity contribution in [1.82, 2.24) is 4.90 Å². The zero-order valence-electron chi connectivity index (χ0n) is 12.5. The Morgan fingerprint density at radius 2 is 2.33 bits per heavy atom. The summed E-state index contributed by atoms with van der Waals surface area (Å²) in [6.07, 6.45) is 1.84. The lowest BCUT2D eigenvalue weighted by molar-refractivity contribution is -0.117. The lowest BCUT2D eigenvalue weighted by atomic mass is 10.1. The molecule has 1 aromatic rings. The van der Waals surface area contributed by atoms with Gasteiger partial charge < -0.3 is 10.4 Å². The zero-order chi connectivity index (χ0) is 15.4. The quantitative estimate of drug-likeness (QED) is 0.871. The highest BCUT2D eigenvalue weighted by molar-refractivity contribution is 7.16. The molecular weight excluding hydrogens is 286 g/mol. The van der Waals surface area contributed by atoms with E-state index < -0.39 is 0 Å². The molecule has 1 fully saturated rings. The first-order valence-electron chi connectivity index (χ1n) is 7.18. The van der Waals surface area contributed by atoms with Crippen LogP contribution in [0.1, 0.15) is 28.8 Å². The summed E-state index contributed by atoms with van der Waals surface area (Å²) in [7, 11) is 0. The van der Waals surface area contributed by atoms with Gasteiger partial charge in [-0.1, -0.05) is 0 Å². The van der Waals surface area contributed by atoms with E-state index >= 15 is 0 Å². The van der Waals surface area contributed by atoms with Crippen LogP contribution in [0, 0.1) is 31.1 Å².